The number of rotatable bonds is 6. The molecule has 1 saturated carbocycles. The molecule has 4 nitrogen and oxygen atoms in total. The van der Waals surface area contributed by atoms with Crippen LogP contribution in [0.5, 0.6) is 0 Å². The van der Waals surface area contributed by atoms with Crippen LogP contribution in [0.25, 0.3) is 0 Å². The molecule has 2 N–H and O–H groups in total. The van der Waals surface area contributed by atoms with Crippen molar-refractivity contribution in [3.8, 4) is 0 Å². The highest BCUT2D eigenvalue weighted by Crippen LogP contribution is 2.42. The molecule has 0 bridgehead atoms. The van der Waals surface area contributed by atoms with Gasteiger partial charge >= 0.3 is 0 Å². The van der Waals surface area contributed by atoms with Crippen LogP contribution in [0.2, 0.25) is 0 Å². The first-order valence-corrected chi connectivity index (χ1v) is 9.38. The molecule has 0 radical (unpaired) electrons. The number of halogens is 1. The van der Waals surface area contributed by atoms with E-state index in [0.29, 0.717) is 23.8 Å². The van der Waals surface area contributed by atoms with Gasteiger partial charge in [0.05, 0.1) is 6.04 Å². The Labute approximate surface area is 150 Å². The molecule has 1 aromatic carbocycles. The molecule has 1 aliphatic carbocycles. The number of hydrogen-bond acceptors (Lipinski definition) is 3. The lowest BCUT2D eigenvalue weighted by Crippen LogP contribution is -2.50. The van der Waals surface area contributed by atoms with E-state index in [4.69, 9.17) is 5.73 Å². The fourth-order valence-corrected chi connectivity index (χ4v) is 4.77. The van der Waals surface area contributed by atoms with Crippen molar-refractivity contribution in [3.05, 3.63) is 30.1 Å². The fourth-order valence-electron chi connectivity index (χ4n) is 4.77. The molecule has 0 unspecified atom stereocenters. The highest BCUT2D eigenvalue weighted by atomic mass is 19.1. The standard InChI is InChI=1S/C20H30FN3O/c1-13(2)10-19(20(22)25)23(3)18-9-4-14-11-24(12-17(14)18)16-7-5-15(21)6-8-16/h5-8,13-14,17-19H,4,9-12H2,1-3H3,(H2,22,25)/t14-,17+,18+,19+/m1/s1. The molecule has 4 atom stereocenters. The summed E-state index contributed by atoms with van der Waals surface area (Å²) in [6, 6.07) is 6.98. The summed E-state index contributed by atoms with van der Waals surface area (Å²) in [4.78, 5) is 16.6. The van der Waals surface area contributed by atoms with Gasteiger partial charge in [0.15, 0.2) is 0 Å². The van der Waals surface area contributed by atoms with Gasteiger partial charge in [-0.05, 0) is 68.3 Å². The summed E-state index contributed by atoms with van der Waals surface area (Å²) in [6.45, 7) is 6.25. The van der Waals surface area contributed by atoms with Crippen molar-refractivity contribution in [3.63, 3.8) is 0 Å². The van der Waals surface area contributed by atoms with Crippen LogP contribution in [-0.4, -0.2) is 43.0 Å². The van der Waals surface area contributed by atoms with Gasteiger partial charge in [-0.25, -0.2) is 4.39 Å². The van der Waals surface area contributed by atoms with E-state index in [1.54, 1.807) is 0 Å². The number of carbonyl (C=O) groups is 1. The number of primary amides is 1. The fraction of sp³-hybridized carbons (Fsp3) is 0.650. The van der Waals surface area contributed by atoms with Crippen LogP contribution >= 0.6 is 0 Å². The third kappa shape index (κ3) is 3.81. The molecular formula is C20H30FN3O. The van der Waals surface area contributed by atoms with E-state index < -0.39 is 0 Å². The zero-order valence-electron chi connectivity index (χ0n) is 15.5. The number of likely N-dealkylation sites (N-methyl/N-ethyl adjacent to an activating group) is 1. The Morgan fingerprint density at radius 3 is 2.56 bits per heavy atom. The number of anilines is 1. The minimum absolute atomic E-state index is 0.191. The van der Waals surface area contributed by atoms with E-state index in [2.05, 4.69) is 30.7 Å². The molecule has 1 saturated heterocycles. The first-order valence-electron chi connectivity index (χ1n) is 9.38. The average Bonchev–Trinajstić information content (AvgIpc) is 3.12. The van der Waals surface area contributed by atoms with Crippen LogP contribution in [0, 0.1) is 23.6 Å². The number of carbonyl (C=O) groups excluding carboxylic acids is 1. The van der Waals surface area contributed by atoms with Crippen LogP contribution in [0.4, 0.5) is 10.1 Å². The second kappa shape index (κ2) is 7.32. The Morgan fingerprint density at radius 1 is 1.28 bits per heavy atom. The second-order valence-corrected chi connectivity index (χ2v) is 8.16. The van der Waals surface area contributed by atoms with Crippen molar-refractivity contribution in [2.75, 3.05) is 25.0 Å². The van der Waals surface area contributed by atoms with Gasteiger partial charge in [-0.1, -0.05) is 13.8 Å². The molecular weight excluding hydrogens is 317 g/mol. The summed E-state index contributed by atoms with van der Waals surface area (Å²) in [6.07, 6.45) is 3.12. The predicted octanol–water partition coefficient (Wildman–Crippen LogP) is 2.87. The maximum atomic E-state index is 13.2. The van der Waals surface area contributed by atoms with Gasteiger partial charge in [-0.3, -0.25) is 9.69 Å². The van der Waals surface area contributed by atoms with Crippen molar-refractivity contribution < 1.29 is 9.18 Å². The number of amides is 1. The van der Waals surface area contributed by atoms with Gasteiger partial charge in [-0.2, -0.15) is 0 Å². The molecule has 138 valence electrons. The monoisotopic (exact) mass is 347 g/mol. The van der Waals surface area contributed by atoms with E-state index in [1.807, 2.05) is 12.1 Å². The van der Waals surface area contributed by atoms with Gasteiger partial charge in [-0.15, -0.1) is 0 Å². The minimum atomic E-state index is -0.215. The van der Waals surface area contributed by atoms with Crippen LogP contribution in [0.3, 0.4) is 0 Å². The highest BCUT2D eigenvalue weighted by molar-refractivity contribution is 5.79. The van der Waals surface area contributed by atoms with Crippen molar-refractivity contribution in [2.24, 2.45) is 23.5 Å². The molecule has 0 aromatic heterocycles. The summed E-state index contributed by atoms with van der Waals surface area (Å²) in [5.74, 6) is 1.22. The quantitative estimate of drug-likeness (QED) is 0.861. The molecule has 1 amide bonds. The third-order valence-electron chi connectivity index (χ3n) is 6.05. The molecule has 1 heterocycles. The molecule has 5 heteroatoms. The molecule has 2 aliphatic rings. The Hall–Kier alpha value is -1.62. The minimum Gasteiger partial charge on any atom is -0.371 e. The lowest BCUT2D eigenvalue weighted by Gasteiger charge is -2.35. The molecule has 0 spiro atoms. The van der Waals surface area contributed by atoms with Gasteiger partial charge in [0.2, 0.25) is 5.91 Å². The van der Waals surface area contributed by atoms with E-state index in [0.717, 1.165) is 31.6 Å². The van der Waals surface area contributed by atoms with Crippen LogP contribution in [0.1, 0.15) is 33.1 Å². The number of hydrogen-bond donors (Lipinski definition) is 1. The number of nitrogens with two attached hydrogens (primary N) is 1. The summed E-state index contributed by atoms with van der Waals surface area (Å²) < 4.78 is 13.2. The van der Waals surface area contributed by atoms with E-state index in [1.165, 1.54) is 18.6 Å². The Balaban J connectivity index is 1.70. The number of benzene rings is 1. The smallest absolute Gasteiger partial charge is 0.234 e. The normalized spacial score (nSPS) is 27.1. The van der Waals surface area contributed by atoms with Crippen molar-refractivity contribution in [2.45, 2.75) is 45.2 Å². The SMILES string of the molecule is CC(C)C[C@@H](C(N)=O)N(C)[C@H]1CC[C@@H]2CN(c3ccc(F)cc3)C[C@@H]21. The second-order valence-electron chi connectivity index (χ2n) is 8.16. The summed E-state index contributed by atoms with van der Waals surface area (Å²) in [5.41, 5.74) is 6.79. The molecule has 1 aromatic rings. The maximum Gasteiger partial charge on any atom is 0.234 e. The van der Waals surface area contributed by atoms with Crippen molar-refractivity contribution in [1.29, 1.82) is 0 Å². The van der Waals surface area contributed by atoms with Gasteiger partial charge < -0.3 is 10.6 Å². The molecule has 2 fully saturated rings. The van der Waals surface area contributed by atoms with Crippen LogP contribution < -0.4 is 10.6 Å². The zero-order valence-corrected chi connectivity index (χ0v) is 15.5. The van der Waals surface area contributed by atoms with Crippen LogP contribution in [0.15, 0.2) is 24.3 Å². The highest BCUT2D eigenvalue weighted by Gasteiger charge is 2.45. The molecule has 3 rings (SSSR count). The Morgan fingerprint density at radius 2 is 1.96 bits per heavy atom. The van der Waals surface area contributed by atoms with Gasteiger partial charge in [0.25, 0.3) is 0 Å². The maximum absolute atomic E-state index is 13.2. The van der Waals surface area contributed by atoms with Crippen molar-refractivity contribution in [1.82, 2.24) is 4.90 Å². The first kappa shape index (κ1) is 18.2. The van der Waals surface area contributed by atoms with E-state index in [9.17, 15) is 9.18 Å². The lowest BCUT2D eigenvalue weighted by atomic mass is 9.94. The average molecular weight is 347 g/mol. The largest absolute Gasteiger partial charge is 0.371 e. The third-order valence-corrected chi connectivity index (χ3v) is 6.05. The number of nitrogens with zero attached hydrogens (tertiary/aromatic N) is 2. The van der Waals surface area contributed by atoms with E-state index >= 15 is 0 Å². The predicted molar refractivity (Wildman–Crippen MR) is 98.8 cm³/mol. The summed E-state index contributed by atoms with van der Waals surface area (Å²) in [7, 11) is 2.06. The zero-order chi connectivity index (χ0) is 18.1. The van der Waals surface area contributed by atoms with Crippen LogP contribution in [-0.2, 0) is 4.79 Å². The van der Waals surface area contributed by atoms with Gasteiger partial charge in [0, 0.05) is 24.8 Å². The summed E-state index contributed by atoms with van der Waals surface area (Å²) in [5, 5.41) is 0. The number of fused-ring (bicyclic) bond motifs is 1. The topological polar surface area (TPSA) is 49.6 Å². The van der Waals surface area contributed by atoms with E-state index in [-0.39, 0.29) is 17.8 Å². The molecule has 25 heavy (non-hydrogen) atoms. The lowest BCUT2D eigenvalue weighted by molar-refractivity contribution is -0.124. The molecule has 1 aliphatic heterocycles. The first-order chi connectivity index (χ1) is 11.9. The summed E-state index contributed by atoms with van der Waals surface area (Å²) >= 11 is 0. The Bertz CT molecular complexity index is 603. The van der Waals surface area contributed by atoms with Gasteiger partial charge in [0.1, 0.15) is 5.82 Å². The Kier molecular flexibility index (Phi) is 5.32. The van der Waals surface area contributed by atoms with Crippen molar-refractivity contribution >= 4 is 11.6 Å².